The molecule has 3 N–H and O–H groups in total. The van der Waals surface area contributed by atoms with Crippen molar-refractivity contribution in [2.75, 3.05) is 11.2 Å². The van der Waals surface area contributed by atoms with Crippen molar-refractivity contribution in [2.45, 2.75) is 57.1 Å². The number of amides is 4. The summed E-state index contributed by atoms with van der Waals surface area (Å²) in [5.74, 6) is -0.470. The minimum Gasteiger partial charge on any atom is -0.508 e. The van der Waals surface area contributed by atoms with Gasteiger partial charge in [-0.3, -0.25) is 19.2 Å². The number of aromatic hydroxyl groups is 1. The second-order valence-corrected chi connectivity index (χ2v) is 12.3. The van der Waals surface area contributed by atoms with E-state index in [1.807, 2.05) is 55.5 Å². The van der Waals surface area contributed by atoms with E-state index in [0.29, 0.717) is 35.7 Å². The summed E-state index contributed by atoms with van der Waals surface area (Å²) in [4.78, 5) is 54.6. The number of thioether (sulfide) groups is 1. The summed E-state index contributed by atoms with van der Waals surface area (Å²) in [7, 11) is 0. The molecule has 10 heteroatoms. The molecular weight excluding hydrogens is 552 g/mol. The van der Waals surface area contributed by atoms with Gasteiger partial charge in [-0.15, -0.1) is 11.8 Å². The third-order valence-electron chi connectivity index (χ3n) is 7.89. The number of phenolic OH excluding ortho intramolecular Hbond substituents is 1. The Labute approximate surface area is 249 Å². The molecule has 3 aromatic carbocycles. The van der Waals surface area contributed by atoms with Gasteiger partial charge in [0, 0.05) is 42.7 Å². The molecule has 4 amide bonds. The lowest BCUT2D eigenvalue weighted by Crippen LogP contribution is -2.72. The fourth-order valence-corrected chi connectivity index (χ4v) is 7.04. The third kappa shape index (κ3) is 5.85. The van der Waals surface area contributed by atoms with Crippen LogP contribution in [0.15, 0.2) is 72.8 Å². The maximum atomic E-state index is 13.7. The number of rotatable bonds is 9. The number of carbonyl (C=O) groups is 4. The standard InChI is InChI=1S/C32H34N4O5S/c1-20-26(13-8-14-27(20)38)30(40)34-25(15-22-9-5-4-6-10-22)17-28(39)35-19-42-32(3)29(35)31(41)36(32)18-23-11-7-12-24(16-23)33-21(2)37/h4-14,16,25,29,38H,15,17-19H2,1-3H3,(H,33,37)(H,34,40)/t25-,29+,32?/m0/s1. The molecule has 42 heavy (non-hydrogen) atoms. The fraction of sp³-hybridized carbons (Fsp3) is 0.312. The first-order valence-electron chi connectivity index (χ1n) is 13.8. The molecule has 2 fully saturated rings. The Kier molecular flexibility index (Phi) is 8.27. The second-order valence-electron chi connectivity index (χ2n) is 10.9. The molecule has 0 bridgehead atoms. The Bertz CT molecular complexity index is 1530. The maximum Gasteiger partial charge on any atom is 0.251 e. The van der Waals surface area contributed by atoms with Crippen LogP contribution in [0.1, 0.15) is 47.3 Å². The average Bonchev–Trinajstić information content (AvgIpc) is 3.27. The molecule has 0 saturated carbocycles. The maximum absolute atomic E-state index is 13.7. The van der Waals surface area contributed by atoms with Gasteiger partial charge in [-0.05, 0) is 55.7 Å². The lowest BCUT2D eigenvalue weighted by atomic mass is 9.92. The van der Waals surface area contributed by atoms with E-state index in [-0.39, 0.29) is 35.8 Å². The smallest absolute Gasteiger partial charge is 0.251 e. The highest BCUT2D eigenvalue weighted by atomic mass is 32.2. The van der Waals surface area contributed by atoms with Crippen molar-refractivity contribution in [1.29, 1.82) is 0 Å². The largest absolute Gasteiger partial charge is 0.508 e. The Morgan fingerprint density at radius 3 is 2.50 bits per heavy atom. The van der Waals surface area contributed by atoms with Gasteiger partial charge in [-0.1, -0.05) is 48.5 Å². The zero-order valence-electron chi connectivity index (χ0n) is 23.8. The van der Waals surface area contributed by atoms with E-state index in [2.05, 4.69) is 10.6 Å². The van der Waals surface area contributed by atoms with E-state index >= 15 is 0 Å². The van der Waals surface area contributed by atoms with E-state index in [0.717, 1.165) is 11.1 Å². The van der Waals surface area contributed by atoms with E-state index in [9.17, 15) is 24.3 Å². The van der Waals surface area contributed by atoms with Crippen molar-refractivity contribution in [2.24, 2.45) is 0 Å². The molecule has 0 aliphatic carbocycles. The second kappa shape index (κ2) is 11.9. The van der Waals surface area contributed by atoms with Gasteiger partial charge in [0.25, 0.3) is 5.91 Å². The van der Waals surface area contributed by atoms with Gasteiger partial charge < -0.3 is 25.5 Å². The molecular formula is C32H34N4O5S. The zero-order chi connectivity index (χ0) is 30.0. The molecule has 218 valence electrons. The van der Waals surface area contributed by atoms with Crippen LogP contribution in [0, 0.1) is 6.92 Å². The molecule has 3 aromatic rings. The van der Waals surface area contributed by atoms with Gasteiger partial charge in [-0.2, -0.15) is 0 Å². The molecule has 2 aliphatic heterocycles. The van der Waals surface area contributed by atoms with E-state index < -0.39 is 17.0 Å². The van der Waals surface area contributed by atoms with E-state index in [1.54, 1.807) is 46.7 Å². The zero-order valence-corrected chi connectivity index (χ0v) is 24.6. The monoisotopic (exact) mass is 586 g/mol. The summed E-state index contributed by atoms with van der Waals surface area (Å²) < 4.78 is 0. The molecule has 2 heterocycles. The van der Waals surface area contributed by atoms with Crippen molar-refractivity contribution < 1.29 is 24.3 Å². The summed E-state index contributed by atoms with van der Waals surface area (Å²) >= 11 is 1.55. The molecule has 1 unspecified atom stereocenters. The van der Waals surface area contributed by atoms with Gasteiger partial charge in [0.1, 0.15) is 16.7 Å². The van der Waals surface area contributed by atoms with Crippen LogP contribution in [0.25, 0.3) is 0 Å². The summed E-state index contributed by atoms with van der Waals surface area (Å²) in [6.45, 7) is 5.46. The van der Waals surface area contributed by atoms with E-state index in [1.165, 1.54) is 13.0 Å². The number of hydrogen-bond donors (Lipinski definition) is 3. The minimum absolute atomic E-state index is 0.0255. The van der Waals surface area contributed by atoms with Crippen molar-refractivity contribution in [3.05, 3.63) is 95.1 Å². The van der Waals surface area contributed by atoms with Crippen LogP contribution in [-0.4, -0.2) is 61.4 Å². The Hall–Kier alpha value is -4.31. The number of likely N-dealkylation sites (tertiary alicyclic amines) is 1. The topological polar surface area (TPSA) is 119 Å². The van der Waals surface area contributed by atoms with Crippen LogP contribution in [0.3, 0.4) is 0 Å². The number of anilines is 1. The van der Waals surface area contributed by atoms with Gasteiger partial charge in [-0.25, -0.2) is 0 Å². The van der Waals surface area contributed by atoms with Gasteiger partial charge in [0.2, 0.25) is 17.7 Å². The van der Waals surface area contributed by atoms with Crippen molar-refractivity contribution in [3.8, 4) is 5.75 Å². The third-order valence-corrected chi connectivity index (χ3v) is 9.33. The molecule has 0 radical (unpaired) electrons. The Morgan fingerprint density at radius 1 is 1.05 bits per heavy atom. The molecule has 0 aromatic heterocycles. The van der Waals surface area contributed by atoms with Crippen LogP contribution in [0.4, 0.5) is 5.69 Å². The Morgan fingerprint density at radius 2 is 1.76 bits per heavy atom. The van der Waals surface area contributed by atoms with E-state index in [4.69, 9.17) is 0 Å². The summed E-state index contributed by atoms with van der Waals surface area (Å²) in [6.07, 6.45) is 0.460. The molecule has 2 aliphatic rings. The predicted octanol–water partition coefficient (Wildman–Crippen LogP) is 4.05. The van der Waals surface area contributed by atoms with Crippen LogP contribution < -0.4 is 10.6 Å². The normalized spacial score (nSPS) is 20.0. The lowest BCUT2D eigenvalue weighted by Gasteiger charge is -2.52. The number of benzene rings is 3. The minimum atomic E-state index is -0.588. The van der Waals surface area contributed by atoms with Gasteiger partial charge in [0.15, 0.2) is 0 Å². The van der Waals surface area contributed by atoms with Gasteiger partial charge >= 0.3 is 0 Å². The first kappa shape index (κ1) is 29.2. The SMILES string of the molecule is CC(=O)Nc1cccc(CN2C(=O)[C@H]3N(C(=O)C[C@H](Cc4ccccc4)NC(=O)c4cccc(O)c4C)CSC32C)c1. The predicted molar refractivity (Wildman–Crippen MR) is 162 cm³/mol. The number of carbonyl (C=O) groups excluding carboxylic acids is 4. The number of phenols is 1. The molecule has 5 rings (SSSR count). The molecule has 9 nitrogen and oxygen atoms in total. The highest BCUT2D eigenvalue weighted by Gasteiger charge is 2.64. The number of nitrogens with zero attached hydrogens (tertiary/aromatic N) is 2. The molecule has 2 saturated heterocycles. The Balaban J connectivity index is 1.29. The average molecular weight is 587 g/mol. The highest BCUT2D eigenvalue weighted by Crippen LogP contribution is 2.51. The van der Waals surface area contributed by atoms with Crippen LogP contribution in [0.5, 0.6) is 5.75 Å². The van der Waals surface area contributed by atoms with Crippen molar-refractivity contribution in [1.82, 2.24) is 15.1 Å². The summed E-state index contributed by atoms with van der Waals surface area (Å²) in [5.41, 5.74) is 3.33. The first-order valence-corrected chi connectivity index (χ1v) is 14.8. The number of fused-ring (bicyclic) bond motifs is 1. The van der Waals surface area contributed by atoms with Crippen LogP contribution in [0.2, 0.25) is 0 Å². The lowest BCUT2D eigenvalue weighted by molar-refractivity contribution is -0.165. The number of nitrogens with one attached hydrogen (secondary N) is 2. The first-order chi connectivity index (χ1) is 20.1. The van der Waals surface area contributed by atoms with Crippen LogP contribution in [-0.2, 0) is 27.3 Å². The van der Waals surface area contributed by atoms with Crippen molar-refractivity contribution >= 4 is 41.1 Å². The molecule has 3 atom stereocenters. The quantitative estimate of drug-likeness (QED) is 0.326. The fourth-order valence-electron chi connectivity index (χ4n) is 5.65. The molecule has 0 spiro atoms. The van der Waals surface area contributed by atoms with Gasteiger partial charge in [0.05, 0.1) is 5.88 Å². The number of hydrogen-bond acceptors (Lipinski definition) is 6. The van der Waals surface area contributed by atoms with Crippen LogP contribution >= 0.6 is 11.8 Å². The highest BCUT2D eigenvalue weighted by molar-refractivity contribution is 8.01. The van der Waals surface area contributed by atoms with Crippen molar-refractivity contribution in [3.63, 3.8) is 0 Å². The summed E-state index contributed by atoms with van der Waals surface area (Å²) in [5, 5.41) is 15.8. The summed E-state index contributed by atoms with van der Waals surface area (Å²) in [6, 6.07) is 20.7. The number of β-lactam (4-membered cyclic amide) rings is 1.